The molecule has 4 rings (SSSR count). The zero-order valence-corrected chi connectivity index (χ0v) is 17.5. The number of rotatable bonds is 5. The van der Waals surface area contributed by atoms with Crippen LogP contribution < -0.4 is 15.1 Å². The summed E-state index contributed by atoms with van der Waals surface area (Å²) in [5.74, 6) is 0.215. The fraction of sp³-hybridized carbons (Fsp3) is 0.200. The summed E-state index contributed by atoms with van der Waals surface area (Å²) < 4.78 is 5.21. The van der Waals surface area contributed by atoms with Crippen LogP contribution in [0.2, 0.25) is 0 Å². The highest BCUT2D eigenvalue weighted by Gasteiger charge is 2.19. The smallest absolute Gasteiger partial charge is 0.275 e. The van der Waals surface area contributed by atoms with Gasteiger partial charge in [-0.25, -0.2) is 5.43 Å². The van der Waals surface area contributed by atoms with Gasteiger partial charge in [0.2, 0.25) is 0 Å². The molecule has 0 atom stereocenters. The Morgan fingerprint density at radius 1 is 1.00 bits per heavy atom. The van der Waals surface area contributed by atoms with Crippen molar-refractivity contribution in [1.82, 2.24) is 5.43 Å². The molecule has 0 aliphatic carbocycles. The first-order chi connectivity index (χ1) is 14.5. The number of hydrazone groups is 1. The second-order valence-electron chi connectivity index (χ2n) is 7.55. The minimum atomic E-state index is -0.305. The Morgan fingerprint density at radius 2 is 1.63 bits per heavy atom. The molecule has 0 aromatic heterocycles. The Balaban J connectivity index is 1.39. The monoisotopic (exact) mass is 399 g/mol. The number of nitrogens with one attached hydrogen (secondary N) is 1. The number of methoxy groups -OCH3 is 1. The Kier molecular flexibility index (Phi) is 5.53. The van der Waals surface area contributed by atoms with Crippen molar-refractivity contribution in [2.45, 2.75) is 26.9 Å². The number of carbonyl (C=O) groups is 1. The third kappa shape index (κ3) is 4.06. The summed E-state index contributed by atoms with van der Waals surface area (Å²) in [7, 11) is 1.54. The van der Waals surface area contributed by atoms with E-state index < -0.39 is 0 Å². The minimum absolute atomic E-state index is 0.305. The predicted octanol–water partition coefficient (Wildman–Crippen LogP) is 4.60. The van der Waals surface area contributed by atoms with E-state index in [4.69, 9.17) is 4.74 Å². The Bertz CT molecular complexity index is 1070. The number of para-hydroxylation sites is 1. The molecule has 0 saturated heterocycles. The van der Waals surface area contributed by atoms with Crippen LogP contribution in [-0.4, -0.2) is 19.2 Å². The number of anilines is 1. The molecule has 1 heterocycles. The molecule has 1 amide bonds. The number of amides is 1. The summed E-state index contributed by atoms with van der Waals surface area (Å²) in [6.07, 6.45) is 1.64. The molecule has 0 unspecified atom stereocenters. The van der Waals surface area contributed by atoms with E-state index in [1.54, 1.807) is 24.4 Å². The molecule has 30 heavy (non-hydrogen) atoms. The lowest BCUT2D eigenvalue weighted by Gasteiger charge is -2.17. The van der Waals surface area contributed by atoms with E-state index in [-0.39, 0.29) is 5.91 Å². The van der Waals surface area contributed by atoms with E-state index in [2.05, 4.69) is 53.5 Å². The highest BCUT2D eigenvalue weighted by Crippen LogP contribution is 2.30. The van der Waals surface area contributed by atoms with E-state index in [0.717, 1.165) is 18.7 Å². The van der Waals surface area contributed by atoms with Crippen LogP contribution in [0.5, 0.6) is 5.75 Å². The Morgan fingerprint density at radius 3 is 2.27 bits per heavy atom. The van der Waals surface area contributed by atoms with Crippen LogP contribution in [-0.2, 0) is 13.1 Å². The maximum Gasteiger partial charge on any atom is 0.275 e. The lowest BCUT2D eigenvalue weighted by atomic mass is 10.0. The summed E-state index contributed by atoms with van der Waals surface area (Å²) in [4.78, 5) is 14.7. The zero-order chi connectivity index (χ0) is 21.1. The first kappa shape index (κ1) is 19.7. The number of aryl methyl sites for hydroxylation is 2. The molecule has 1 aliphatic heterocycles. The fourth-order valence-electron chi connectivity index (χ4n) is 3.71. The summed E-state index contributed by atoms with van der Waals surface area (Å²) >= 11 is 0. The van der Waals surface area contributed by atoms with Gasteiger partial charge in [-0.3, -0.25) is 4.79 Å². The van der Waals surface area contributed by atoms with Crippen molar-refractivity contribution < 1.29 is 9.53 Å². The van der Waals surface area contributed by atoms with Crippen molar-refractivity contribution in [2.75, 3.05) is 12.0 Å². The molecule has 3 aromatic rings. The van der Waals surface area contributed by atoms with Gasteiger partial charge in [0.1, 0.15) is 5.75 Å². The van der Waals surface area contributed by atoms with Crippen LogP contribution in [0.4, 0.5) is 5.69 Å². The number of hydrogen-bond donors (Lipinski definition) is 1. The molecule has 1 aliphatic rings. The zero-order valence-electron chi connectivity index (χ0n) is 17.5. The molecular formula is C25H25N3O2. The molecule has 152 valence electrons. The van der Waals surface area contributed by atoms with E-state index in [0.29, 0.717) is 11.3 Å². The molecule has 1 N–H and O–H groups in total. The maximum absolute atomic E-state index is 12.3. The molecular weight excluding hydrogens is 374 g/mol. The second-order valence-corrected chi connectivity index (χ2v) is 7.55. The average Bonchev–Trinajstić information content (AvgIpc) is 3.17. The van der Waals surface area contributed by atoms with Gasteiger partial charge in [-0.05, 0) is 65.9 Å². The van der Waals surface area contributed by atoms with Crippen molar-refractivity contribution in [2.24, 2.45) is 5.10 Å². The summed E-state index contributed by atoms with van der Waals surface area (Å²) in [6.45, 7) is 6.19. The van der Waals surface area contributed by atoms with Crippen molar-refractivity contribution >= 4 is 17.8 Å². The van der Waals surface area contributed by atoms with Crippen molar-refractivity contribution in [1.29, 1.82) is 0 Å². The second kappa shape index (κ2) is 8.41. The Hall–Kier alpha value is -3.60. The van der Waals surface area contributed by atoms with E-state index >= 15 is 0 Å². The first-order valence-corrected chi connectivity index (χ1v) is 9.95. The van der Waals surface area contributed by atoms with Gasteiger partial charge in [0.05, 0.1) is 18.9 Å². The van der Waals surface area contributed by atoms with E-state index in [9.17, 15) is 4.79 Å². The van der Waals surface area contributed by atoms with Gasteiger partial charge >= 0.3 is 0 Å². The molecule has 0 saturated carbocycles. The van der Waals surface area contributed by atoms with E-state index in [1.165, 1.54) is 35.1 Å². The number of hydrogen-bond acceptors (Lipinski definition) is 4. The highest BCUT2D eigenvalue weighted by atomic mass is 16.5. The molecule has 0 spiro atoms. The van der Waals surface area contributed by atoms with Crippen LogP contribution in [0.15, 0.2) is 65.8 Å². The van der Waals surface area contributed by atoms with Crippen LogP contribution in [0, 0.1) is 13.8 Å². The third-order valence-corrected chi connectivity index (χ3v) is 5.53. The van der Waals surface area contributed by atoms with Gasteiger partial charge < -0.3 is 9.64 Å². The maximum atomic E-state index is 12.3. The third-order valence-electron chi connectivity index (χ3n) is 5.53. The lowest BCUT2D eigenvalue weighted by Crippen LogP contribution is -2.18. The van der Waals surface area contributed by atoms with Crippen molar-refractivity contribution in [3.05, 3.63) is 94.0 Å². The quantitative estimate of drug-likeness (QED) is 0.504. The molecule has 3 aromatic carbocycles. The van der Waals surface area contributed by atoms with Gasteiger partial charge in [0.15, 0.2) is 0 Å². The number of carbonyl (C=O) groups excluding carboxylic acids is 1. The number of benzene rings is 3. The number of ether oxygens (including phenoxy) is 1. The van der Waals surface area contributed by atoms with Gasteiger partial charge in [0, 0.05) is 18.8 Å². The molecule has 5 nitrogen and oxygen atoms in total. The highest BCUT2D eigenvalue weighted by molar-refractivity contribution is 5.97. The fourth-order valence-corrected chi connectivity index (χ4v) is 3.71. The van der Waals surface area contributed by atoms with E-state index in [1.807, 2.05) is 18.2 Å². The number of nitrogens with zero attached hydrogens (tertiary/aromatic N) is 2. The van der Waals surface area contributed by atoms with Crippen LogP contribution in [0.25, 0.3) is 0 Å². The topological polar surface area (TPSA) is 53.9 Å². The summed E-state index contributed by atoms with van der Waals surface area (Å²) in [5, 5.41) is 4.08. The SMILES string of the molecule is COc1ccccc1C(=O)NN=Cc1ccc(N2Cc3cc(C)c(C)cc3C2)cc1. The summed E-state index contributed by atoms with van der Waals surface area (Å²) in [5.41, 5.74) is 10.6. The molecule has 0 fully saturated rings. The minimum Gasteiger partial charge on any atom is -0.496 e. The Labute approximate surface area is 177 Å². The van der Waals surface area contributed by atoms with Crippen LogP contribution in [0.1, 0.15) is 38.2 Å². The number of fused-ring (bicyclic) bond motifs is 1. The largest absolute Gasteiger partial charge is 0.496 e. The van der Waals surface area contributed by atoms with Gasteiger partial charge in [-0.2, -0.15) is 5.10 Å². The predicted molar refractivity (Wildman–Crippen MR) is 120 cm³/mol. The lowest BCUT2D eigenvalue weighted by molar-refractivity contribution is 0.0952. The van der Waals surface area contributed by atoms with Crippen molar-refractivity contribution in [3.63, 3.8) is 0 Å². The first-order valence-electron chi connectivity index (χ1n) is 9.95. The standard InChI is InChI=1S/C25H25N3O2/c1-17-12-20-15-28(16-21(20)13-18(17)2)22-10-8-19(9-11-22)14-26-27-25(29)23-6-4-5-7-24(23)30-3/h4-14H,15-16H2,1-3H3,(H,27,29). The van der Waals surface area contributed by atoms with Gasteiger partial charge in [0.25, 0.3) is 5.91 Å². The molecule has 0 radical (unpaired) electrons. The molecule has 5 heteroatoms. The van der Waals surface area contributed by atoms with Gasteiger partial charge in [-0.15, -0.1) is 0 Å². The normalized spacial score (nSPS) is 12.8. The van der Waals surface area contributed by atoms with Crippen molar-refractivity contribution in [3.8, 4) is 5.75 Å². The van der Waals surface area contributed by atoms with Crippen LogP contribution in [0.3, 0.4) is 0 Å². The molecule has 0 bridgehead atoms. The van der Waals surface area contributed by atoms with Gasteiger partial charge in [-0.1, -0.05) is 36.4 Å². The average molecular weight is 399 g/mol. The van der Waals surface area contributed by atoms with Crippen LogP contribution >= 0.6 is 0 Å². The summed E-state index contributed by atoms with van der Waals surface area (Å²) in [6, 6.07) is 19.9.